The molecule has 0 bridgehead atoms. The molecule has 3 heterocycles. The van der Waals surface area contributed by atoms with Gasteiger partial charge in [0.2, 0.25) is 0 Å². The van der Waals surface area contributed by atoms with E-state index in [9.17, 15) is 0 Å². The van der Waals surface area contributed by atoms with E-state index in [1.165, 1.54) is 0 Å². The maximum absolute atomic E-state index is 6.08. The SMILES string of the molecule is COc1ccc(-n2c(SCc3cn4ccccc4n3)nnc2-c2ccc(Cl)cc2)cc1. The van der Waals surface area contributed by atoms with Gasteiger partial charge in [-0.05, 0) is 60.7 Å². The molecule has 0 saturated carbocycles. The Morgan fingerprint density at radius 3 is 2.52 bits per heavy atom. The standard InChI is InChI=1S/C23H18ClN5OS/c1-30-20-11-9-19(10-12-20)29-22(16-5-7-17(24)8-6-16)26-27-23(29)31-15-18-14-28-13-3-2-4-21(28)25-18/h2-14H,15H2,1H3. The number of benzene rings is 2. The molecule has 0 spiro atoms. The fourth-order valence-corrected chi connectivity index (χ4v) is 4.27. The van der Waals surface area contributed by atoms with Crippen LogP contribution in [0, 0.1) is 0 Å². The van der Waals surface area contributed by atoms with Crippen LogP contribution < -0.4 is 4.74 Å². The van der Waals surface area contributed by atoms with Crippen LogP contribution in [0.4, 0.5) is 0 Å². The van der Waals surface area contributed by atoms with Crippen molar-refractivity contribution in [2.75, 3.05) is 7.11 Å². The smallest absolute Gasteiger partial charge is 0.196 e. The van der Waals surface area contributed by atoms with Gasteiger partial charge in [0, 0.05) is 34.4 Å². The van der Waals surface area contributed by atoms with Crippen molar-refractivity contribution in [3.8, 4) is 22.8 Å². The summed E-state index contributed by atoms with van der Waals surface area (Å²) in [5, 5.41) is 10.4. The first-order chi connectivity index (χ1) is 15.2. The van der Waals surface area contributed by atoms with E-state index >= 15 is 0 Å². The van der Waals surface area contributed by atoms with Crippen LogP contribution in [0.1, 0.15) is 5.69 Å². The Morgan fingerprint density at radius 2 is 1.77 bits per heavy atom. The van der Waals surface area contributed by atoms with Crippen LogP contribution in [0.25, 0.3) is 22.7 Å². The van der Waals surface area contributed by atoms with Gasteiger partial charge < -0.3 is 9.14 Å². The molecule has 0 atom stereocenters. The Bertz CT molecular complexity index is 1300. The van der Waals surface area contributed by atoms with Crippen molar-refractivity contribution in [2.24, 2.45) is 0 Å². The number of rotatable bonds is 6. The molecule has 154 valence electrons. The highest BCUT2D eigenvalue weighted by Gasteiger charge is 2.17. The van der Waals surface area contributed by atoms with Crippen LogP contribution in [-0.4, -0.2) is 31.3 Å². The topological polar surface area (TPSA) is 57.2 Å². The van der Waals surface area contributed by atoms with Crippen LogP contribution in [-0.2, 0) is 5.75 Å². The summed E-state index contributed by atoms with van der Waals surface area (Å²) in [5.41, 5.74) is 3.80. The Morgan fingerprint density at radius 1 is 0.968 bits per heavy atom. The first kappa shape index (κ1) is 19.7. The van der Waals surface area contributed by atoms with Crippen molar-refractivity contribution in [3.63, 3.8) is 0 Å². The molecule has 31 heavy (non-hydrogen) atoms. The molecular weight excluding hydrogens is 430 g/mol. The lowest BCUT2D eigenvalue weighted by Crippen LogP contribution is -2.00. The van der Waals surface area contributed by atoms with Crippen molar-refractivity contribution in [1.82, 2.24) is 24.1 Å². The molecule has 0 N–H and O–H groups in total. The minimum atomic E-state index is 0.677. The maximum atomic E-state index is 6.08. The monoisotopic (exact) mass is 447 g/mol. The van der Waals surface area contributed by atoms with Gasteiger partial charge >= 0.3 is 0 Å². The Balaban J connectivity index is 1.51. The van der Waals surface area contributed by atoms with Gasteiger partial charge in [-0.15, -0.1) is 10.2 Å². The number of pyridine rings is 1. The summed E-state index contributed by atoms with van der Waals surface area (Å²) in [4.78, 5) is 4.68. The summed E-state index contributed by atoms with van der Waals surface area (Å²) in [7, 11) is 1.66. The minimum absolute atomic E-state index is 0.677. The van der Waals surface area contributed by atoms with Gasteiger partial charge in [-0.3, -0.25) is 4.57 Å². The number of ether oxygens (including phenoxy) is 1. The summed E-state index contributed by atoms with van der Waals surface area (Å²) in [6.45, 7) is 0. The molecule has 0 fully saturated rings. The molecule has 0 aliphatic heterocycles. The lowest BCUT2D eigenvalue weighted by Gasteiger charge is -2.11. The molecule has 0 unspecified atom stereocenters. The molecule has 6 nitrogen and oxygen atoms in total. The van der Waals surface area contributed by atoms with Gasteiger partial charge in [0.05, 0.1) is 12.8 Å². The van der Waals surface area contributed by atoms with E-state index < -0.39 is 0 Å². The average Bonchev–Trinajstić information content (AvgIpc) is 3.42. The number of imidazole rings is 1. The highest BCUT2D eigenvalue weighted by molar-refractivity contribution is 7.98. The Hall–Kier alpha value is -3.29. The van der Waals surface area contributed by atoms with E-state index in [-0.39, 0.29) is 0 Å². The van der Waals surface area contributed by atoms with Crippen LogP contribution >= 0.6 is 23.4 Å². The molecule has 5 aromatic rings. The fourth-order valence-electron chi connectivity index (χ4n) is 3.31. The van der Waals surface area contributed by atoms with E-state index in [1.54, 1.807) is 18.9 Å². The highest BCUT2D eigenvalue weighted by Crippen LogP contribution is 2.31. The summed E-state index contributed by atoms with van der Waals surface area (Å²) in [5.74, 6) is 2.22. The van der Waals surface area contributed by atoms with Gasteiger partial charge in [0.25, 0.3) is 0 Å². The molecule has 3 aromatic heterocycles. The van der Waals surface area contributed by atoms with E-state index in [4.69, 9.17) is 16.3 Å². The first-order valence-corrected chi connectivity index (χ1v) is 11.0. The predicted octanol–water partition coefficient (Wildman–Crippen LogP) is 5.54. The molecule has 0 aliphatic rings. The molecule has 2 aromatic carbocycles. The number of aromatic nitrogens is 5. The molecule has 0 saturated heterocycles. The lowest BCUT2D eigenvalue weighted by molar-refractivity contribution is 0.414. The lowest BCUT2D eigenvalue weighted by atomic mass is 10.2. The molecule has 0 aliphatic carbocycles. The largest absolute Gasteiger partial charge is 0.497 e. The Labute approximate surface area is 188 Å². The number of halogens is 1. The van der Waals surface area contributed by atoms with Crippen LogP contribution in [0.2, 0.25) is 5.02 Å². The normalized spacial score (nSPS) is 11.2. The molecule has 5 rings (SSSR count). The minimum Gasteiger partial charge on any atom is -0.497 e. The second-order valence-corrected chi connectivity index (χ2v) is 8.21. The summed E-state index contributed by atoms with van der Waals surface area (Å²) < 4.78 is 9.37. The zero-order valence-corrected chi connectivity index (χ0v) is 18.2. The van der Waals surface area contributed by atoms with Gasteiger partial charge in [0.15, 0.2) is 11.0 Å². The zero-order valence-electron chi connectivity index (χ0n) is 16.6. The van der Waals surface area contributed by atoms with E-state index in [1.807, 2.05) is 88.1 Å². The first-order valence-electron chi connectivity index (χ1n) is 9.62. The second-order valence-electron chi connectivity index (χ2n) is 6.83. The van der Waals surface area contributed by atoms with Gasteiger partial charge in [-0.2, -0.15) is 0 Å². The van der Waals surface area contributed by atoms with E-state index in [2.05, 4.69) is 15.2 Å². The summed E-state index contributed by atoms with van der Waals surface area (Å²) in [6, 6.07) is 21.4. The van der Waals surface area contributed by atoms with Gasteiger partial charge in [-0.25, -0.2) is 4.98 Å². The van der Waals surface area contributed by atoms with Crippen molar-refractivity contribution >= 4 is 29.0 Å². The summed E-state index contributed by atoms with van der Waals surface area (Å²) in [6.07, 6.45) is 4.03. The van der Waals surface area contributed by atoms with Crippen molar-refractivity contribution in [3.05, 3.63) is 89.8 Å². The van der Waals surface area contributed by atoms with Crippen molar-refractivity contribution in [1.29, 1.82) is 0 Å². The number of hydrogen-bond acceptors (Lipinski definition) is 5. The second kappa shape index (κ2) is 8.45. The summed E-state index contributed by atoms with van der Waals surface area (Å²) >= 11 is 7.67. The number of thioether (sulfide) groups is 1. The molecular formula is C23H18ClN5OS. The van der Waals surface area contributed by atoms with Crippen LogP contribution in [0.5, 0.6) is 5.75 Å². The highest BCUT2D eigenvalue weighted by atomic mass is 35.5. The third-order valence-corrected chi connectivity index (χ3v) is 6.04. The molecule has 8 heteroatoms. The third-order valence-electron chi connectivity index (χ3n) is 4.83. The fraction of sp³-hybridized carbons (Fsp3) is 0.0870. The average molecular weight is 448 g/mol. The quantitative estimate of drug-likeness (QED) is 0.320. The van der Waals surface area contributed by atoms with E-state index in [0.717, 1.165) is 39.3 Å². The molecule has 0 radical (unpaired) electrons. The van der Waals surface area contributed by atoms with Crippen LogP contribution in [0.3, 0.4) is 0 Å². The number of nitrogens with zero attached hydrogens (tertiary/aromatic N) is 5. The number of methoxy groups -OCH3 is 1. The van der Waals surface area contributed by atoms with Gasteiger partial charge in [-0.1, -0.05) is 29.4 Å². The number of fused-ring (bicyclic) bond motifs is 1. The Kier molecular flexibility index (Phi) is 5.36. The maximum Gasteiger partial charge on any atom is 0.196 e. The van der Waals surface area contributed by atoms with Crippen molar-refractivity contribution < 1.29 is 4.74 Å². The molecule has 0 amide bonds. The zero-order chi connectivity index (χ0) is 21.2. The van der Waals surface area contributed by atoms with Crippen LogP contribution in [0.15, 0.2) is 84.3 Å². The number of hydrogen-bond donors (Lipinski definition) is 0. The van der Waals surface area contributed by atoms with Gasteiger partial charge in [0.1, 0.15) is 11.4 Å². The van der Waals surface area contributed by atoms with E-state index in [0.29, 0.717) is 10.8 Å². The predicted molar refractivity (Wildman–Crippen MR) is 123 cm³/mol. The van der Waals surface area contributed by atoms with Crippen molar-refractivity contribution in [2.45, 2.75) is 10.9 Å². The third kappa shape index (κ3) is 4.02.